The van der Waals surface area contributed by atoms with Crippen molar-refractivity contribution in [2.75, 3.05) is 18.6 Å². The number of nitrogens with zero attached hydrogens (tertiary/aromatic N) is 1. The molecule has 0 aliphatic carbocycles. The Balaban J connectivity index is 2.54. The predicted molar refractivity (Wildman–Crippen MR) is 84.2 cm³/mol. The molecule has 1 rings (SSSR count). The van der Waals surface area contributed by atoms with Gasteiger partial charge in [0.05, 0.1) is 6.29 Å². The minimum atomic E-state index is -2.36. The van der Waals surface area contributed by atoms with E-state index >= 15 is 0 Å². The van der Waals surface area contributed by atoms with Gasteiger partial charge in [0, 0.05) is 12.3 Å². The summed E-state index contributed by atoms with van der Waals surface area (Å²) in [6, 6.07) is 0. The Morgan fingerprint density at radius 3 is 2.50 bits per heavy atom. The van der Waals surface area contributed by atoms with Crippen LogP contribution >= 0.6 is 7.14 Å². The molecule has 2 N–H and O–H groups in total. The maximum absolute atomic E-state index is 12.8. The molecule has 0 saturated heterocycles. The van der Waals surface area contributed by atoms with E-state index in [4.69, 9.17) is 0 Å². The minimum Gasteiger partial charge on any atom is -0.379 e. The van der Waals surface area contributed by atoms with E-state index < -0.39 is 19.6 Å². The van der Waals surface area contributed by atoms with E-state index in [2.05, 4.69) is 26.0 Å². The van der Waals surface area contributed by atoms with Crippen molar-refractivity contribution in [1.29, 1.82) is 0 Å². The minimum absolute atomic E-state index is 0.283. The molecule has 0 bridgehead atoms. The molecule has 1 aliphatic rings. The monoisotopic (exact) mass is 301 g/mol. The summed E-state index contributed by atoms with van der Waals surface area (Å²) in [4.78, 5) is 1.49. The zero-order valence-corrected chi connectivity index (χ0v) is 13.9. The Morgan fingerprint density at radius 2 is 2.00 bits per heavy atom. The van der Waals surface area contributed by atoms with Gasteiger partial charge < -0.3 is 14.8 Å². The highest BCUT2D eigenvalue weighted by Crippen LogP contribution is 2.53. The SMILES string of the molecule is CC(C)=CCCC1=CCP(=O)(CN(C(C)O)C(C)O)C1. The fourth-order valence-corrected chi connectivity index (χ4v) is 5.51. The molecule has 0 saturated carbocycles. The van der Waals surface area contributed by atoms with E-state index in [0.29, 0.717) is 12.3 Å². The van der Waals surface area contributed by atoms with Crippen molar-refractivity contribution in [2.45, 2.75) is 53.0 Å². The van der Waals surface area contributed by atoms with Gasteiger partial charge >= 0.3 is 0 Å². The molecule has 5 heteroatoms. The van der Waals surface area contributed by atoms with Crippen LogP contribution in [0.5, 0.6) is 0 Å². The van der Waals surface area contributed by atoms with E-state index in [1.54, 1.807) is 13.8 Å². The van der Waals surface area contributed by atoms with Gasteiger partial charge in [0.2, 0.25) is 0 Å². The molecular weight excluding hydrogens is 273 g/mol. The molecule has 1 aliphatic heterocycles. The summed E-state index contributed by atoms with van der Waals surface area (Å²) in [5.41, 5.74) is 2.56. The summed E-state index contributed by atoms with van der Waals surface area (Å²) < 4.78 is 12.8. The lowest BCUT2D eigenvalue weighted by molar-refractivity contribution is -0.0726. The van der Waals surface area contributed by atoms with Crippen molar-refractivity contribution in [3.63, 3.8) is 0 Å². The van der Waals surface area contributed by atoms with Crippen molar-refractivity contribution in [3.8, 4) is 0 Å². The molecule has 0 amide bonds. The Labute approximate surface area is 122 Å². The second-order valence-corrected chi connectivity index (χ2v) is 9.08. The number of hydrogen-bond donors (Lipinski definition) is 2. The highest BCUT2D eigenvalue weighted by atomic mass is 31.2. The normalized spacial score (nSPS) is 25.4. The fourth-order valence-electron chi connectivity index (χ4n) is 2.48. The second kappa shape index (κ2) is 7.56. The highest BCUT2D eigenvalue weighted by molar-refractivity contribution is 7.64. The number of hydrogen-bond acceptors (Lipinski definition) is 4. The topological polar surface area (TPSA) is 60.8 Å². The lowest BCUT2D eigenvalue weighted by atomic mass is 10.1. The third-order valence-electron chi connectivity index (χ3n) is 3.60. The standard InChI is InChI=1S/C15H28NO3P/c1-12(2)6-5-7-15-8-9-20(19,10-15)11-16(13(3)17)14(4)18/h6,8,13-14,17-18H,5,7,9-11H2,1-4H3. The largest absolute Gasteiger partial charge is 0.379 e. The summed E-state index contributed by atoms with van der Waals surface area (Å²) in [5, 5.41) is 19.3. The van der Waals surface area contributed by atoms with Crippen LogP contribution < -0.4 is 0 Å². The van der Waals surface area contributed by atoms with E-state index in [1.807, 2.05) is 0 Å². The van der Waals surface area contributed by atoms with Gasteiger partial charge in [0.15, 0.2) is 0 Å². The Morgan fingerprint density at radius 1 is 1.40 bits per heavy atom. The van der Waals surface area contributed by atoms with Crippen LogP contribution in [0.4, 0.5) is 0 Å². The van der Waals surface area contributed by atoms with Crippen LogP contribution in [-0.4, -0.2) is 46.2 Å². The predicted octanol–water partition coefficient (Wildman–Crippen LogP) is 2.97. The van der Waals surface area contributed by atoms with E-state index in [-0.39, 0.29) is 6.29 Å². The van der Waals surface area contributed by atoms with Gasteiger partial charge in [-0.05, 0) is 40.5 Å². The molecule has 0 spiro atoms. The smallest absolute Gasteiger partial charge is 0.109 e. The summed E-state index contributed by atoms with van der Waals surface area (Å²) in [5.74, 6) is 0. The average molecular weight is 301 g/mol. The van der Waals surface area contributed by atoms with Gasteiger partial charge in [-0.25, -0.2) is 4.90 Å². The van der Waals surface area contributed by atoms with Crippen molar-refractivity contribution < 1.29 is 14.8 Å². The molecule has 20 heavy (non-hydrogen) atoms. The number of aliphatic hydroxyl groups is 2. The molecule has 4 nitrogen and oxygen atoms in total. The molecule has 0 aromatic carbocycles. The van der Waals surface area contributed by atoms with Crippen LogP contribution in [0.3, 0.4) is 0 Å². The van der Waals surface area contributed by atoms with Crippen LogP contribution in [0.25, 0.3) is 0 Å². The summed E-state index contributed by atoms with van der Waals surface area (Å²) >= 11 is 0. The number of rotatable bonds is 7. The zero-order chi connectivity index (χ0) is 15.3. The van der Waals surface area contributed by atoms with Gasteiger partial charge in [-0.3, -0.25) is 0 Å². The number of aliphatic hydroxyl groups excluding tert-OH is 2. The summed E-state index contributed by atoms with van der Waals surface area (Å²) in [7, 11) is -2.36. The van der Waals surface area contributed by atoms with Crippen LogP contribution in [0.15, 0.2) is 23.3 Å². The van der Waals surface area contributed by atoms with Gasteiger partial charge in [-0.2, -0.15) is 0 Å². The van der Waals surface area contributed by atoms with Crippen LogP contribution in [0.2, 0.25) is 0 Å². The first-order valence-corrected chi connectivity index (χ1v) is 9.50. The summed E-state index contributed by atoms with van der Waals surface area (Å²) in [6.07, 6.45) is 6.16. The second-order valence-electron chi connectivity index (χ2n) is 6.00. The van der Waals surface area contributed by atoms with Crippen molar-refractivity contribution in [3.05, 3.63) is 23.3 Å². The maximum atomic E-state index is 12.8. The molecule has 0 aromatic heterocycles. The third kappa shape index (κ3) is 5.53. The molecule has 0 fully saturated rings. The van der Waals surface area contributed by atoms with Crippen molar-refractivity contribution in [2.24, 2.45) is 0 Å². The lowest BCUT2D eigenvalue weighted by Gasteiger charge is -2.30. The molecule has 1 heterocycles. The van der Waals surface area contributed by atoms with Crippen molar-refractivity contribution >= 4 is 7.14 Å². The molecule has 3 atom stereocenters. The number of allylic oxidation sites excluding steroid dienone is 4. The lowest BCUT2D eigenvalue weighted by Crippen LogP contribution is -2.40. The van der Waals surface area contributed by atoms with Crippen molar-refractivity contribution in [1.82, 2.24) is 4.90 Å². The quantitative estimate of drug-likeness (QED) is 0.431. The first-order valence-electron chi connectivity index (χ1n) is 7.24. The third-order valence-corrected chi connectivity index (χ3v) is 6.28. The van der Waals surface area contributed by atoms with E-state index in [0.717, 1.165) is 12.8 Å². The van der Waals surface area contributed by atoms with Crippen LogP contribution in [0, 0.1) is 0 Å². The Bertz CT molecular complexity index is 415. The van der Waals surface area contributed by atoms with Gasteiger partial charge in [0.1, 0.15) is 19.6 Å². The maximum Gasteiger partial charge on any atom is 0.109 e. The Kier molecular flexibility index (Phi) is 6.67. The summed E-state index contributed by atoms with van der Waals surface area (Å²) in [6.45, 7) is 7.35. The first-order chi connectivity index (χ1) is 9.23. The highest BCUT2D eigenvalue weighted by Gasteiger charge is 2.32. The zero-order valence-electron chi connectivity index (χ0n) is 13.0. The molecular formula is C15H28NO3P. The fraction of sp³-hybridized carbons (Fsp3) is 0.733. The molecule has 0 aromatic rings. The van der Waals surface area contributed by atoms with Gasteiger partial charge in [0.25, 0.3) is 0 Å². The van der Waals surface area contributed by atoms with Crippen LogP contribution in [0.1, 0.15) is 40.5 Å². The first kappa shape index (κ1) is 17.6. The molecule has 116 valence electrons. The average Bonchev–Trinajstić information content (AvgIpc) is 2.67. The molecule has 3 unspecified atom stereocenters. The van der Waals surface area contributed by atoms with Crippen LogP contribution in [-0.2, 0) is 4.57 Å². The van der Waals surface area contributed by atoms with E-state index in [1.165, 1.54) is 16.0 Å². The van der Waals surface area contributed by atoms with Gasteiger partial charge in [-0.15, -0.1) is 0 Å². The van der Waals surface area contributed by atoms with Gasteiger partial charge in [-0.1, -0.05) is 23.3 Å². The Hall–Kier alpha value is -0.410. The molecule has 0 radical (unpaired) electrons. The van der Waals surface area contributed by atoms with E-state index in [9.17, 15) is 14.8 Å².